The van der Waals surface area contributed by atoms with Crippen LogP contribution in [0.15, 0.2) is 18.2 Å². The van der Waals surface area contributed by atoms with Crippen molar-refractivity contribution in [1.29, 1.82) is 0 Å². The summed E-state index contributed by atoms with van der Waals surface area (Å²) >= 11 is 0. The zero-order valence-corrected chi connectivity index (χ0v) is 10.1. The molecule has 1 unspecified atom stereocenters. The molecule has 1 heterocycles. The van der Waals surface area contributed by atoms with Gasteiger partial charge in [-0.3, -0.25) is 4.90 Å². The number of hydrogen-bond donors (Lipinski definition) is 2. The van der Waals surface area contributed by atoms with E-state index in [9.17, 15) is 9.50 Å². The first-order chi connectivity index (χ1) is 7.96. The molecule has 1 aromatic rings. The molecule has 1 saturated heterocycles. The molecule has 1 fully saturated rings. The highest BCUT2D eigenvalue weighted by Crippen LogP contribution is 2.23. The van der Waals surface area contributed by atoms with Crippen molar-refractivity contribution in [3.8, 4) is 0 Å². The van der Waals surface area contributed by atoms with Gasteiger partial charge in [-0.25, -0.2) is 4.39 Å². The van der Waals surface area contributed by atoms with Crippen molar-refractivity contribution in [3.63, 3.8) is 0 Å². The number of likely N-dealkylation sites (tertiary alicyclic amines) is 1. The van der Waals surface area contributed by atoms with Crippen molar-refractivity contribution < 1.29 is 9.50 Å². The third-order valence-corrected chi connectivity index (χ3v) is 3.26. The lowest BCUT2D eigenvalue weighted by molar-refractivity contribution is -0.0180. The number of nitrogens with two attached hydrogens (primary N) is 1. The van der Waals surface area contributed by atoms with Crippen LogP contribution >= 0.6 is 0 Å². The zero-order chi connectivity index (χ0) is 12.5. The Morgan fingerprint density at radius 2 is 2.29 bits per heavy atom. The van der Waals surface area contributed by atoms with E-state index in [1.807, 2.05) is 6.92 Å². The maximum absolute atomic E-state index is 12.9. The number of benzene rings is 1. The van der Waals surface area contributed by atoms with Gasteiger partial charge in [-0.1, -0.05) is 6.07 Å². The Bertz CT molecular complexity index is 406. The Morgan fingerprint density at radius 3 is 2.94 bits per heavy atom. The van der Waals surface area contributed by atoms with Crippen LogP contribution in [-0.2, 0) is 6.54 Å². The number of piperidine rings is 1. The van der Waals surface area contributed by atoms with Crippen LogP contribution in [0, 0.1) is 5.82 Å². The monoisotopic (exact) mass is 238 g/mol. The van der Waals surface area contributed by atoms with Gasteiger partial charge in [0.25, 0.3) is 0 Å². The predicted molar refractivity (Wildman–Crippen MR) is 65.9 cm³/mol. The molecule has 0 amide bonds. The molecule has 0 bridgehead atoms. The molecule has 1 aliphatic heterocycles. The molecule has 1 aromatic carbocycles. The minimum absolute atomic E-state index is 0.308. The fourth-order valence-electron chi connectivity index (χ4n) is 2.41. The van der Waals surface area contributed by atoms with Crippen LogP contribution in [0.5, 0.6) is 0 Å². The fourth-order valence-corrected chi connectivity index (χ4v) is 2.41. The molecule has 3 nitrogen and oxygen atoms in total. The summed E-state index contributed by atoms with van der Waals surface area (Å²) in [6.45, 7) is 4.12. The molecule has 1 aliphatic rings. The molecular weight excluding hydrogens is 219 g/mol. The van der Waals surface area contributed by atoms with E-state index in [0.717, 1.165) is 24.9 Å². The molecule has 3 N–H and O–H groups in total. The van der Waals surface area contributed by atoms with Gasteiger partial charge < -0.3 is 10.8 Å². The van der Waals surface area contributed by atoms with Crippen LogP contribution in [0.3, 0.4) is 0 Å². The molecule has 1 atom stereocenters. The minimum Gasteiger partial charge on any atom is -0.398 e. The number of hydrogen-bond acceptors (Lipinski definition) is 3. The van der Waals surface area contributed by atoms with Gasteiger partial charge >= 0.3 is 0 Å². The lowest BCUT2D eigenvalue weighted by atomic mass is 9.95. The molecular formula is C13H19FN2O. The van der Waals surface area contributed by atoms with Gasteiger partial charge in [-0.2, -0.15) is 0 Å². The van der Waals surface area contributed by atoms with E-state index < -0.39 is 5.60 Å². The molecule has 0 saturated carbocycles. The van der Waals surface area contributed by atoms with Gasteiger partial charge in [0.15, 0.2) is 0 Å². The van der Waals surface area contributed by atoms with E-state index >= 15 is 0 Å². The molecule has 0 aliphatic carbocycles. The largest absolute Gasteiger partial charge is 0.398 e. The summed E-state index contributed by atoms with van der Waals surface area (Å²) in [5.41, 5.74) is 6.56. The normalized spacial score (nSPS) is 26.1. The Labute approximate surface area is 101 Å². The number of rotatable bonds is 2. The van der Waals surface area contributed by atoms with Gasteiger partial charge in [-0.05, 0) is 44.0 Å². The first kappa shape index (κ1) is 12.3. The topological polar surface area (TPSA) is 49.5 Å². The van der Waals surface area contributed by atoms with Crippen molar-refractivity contribution in [1.82, 2.24) is 4.90 Å². The average Bonchev–Trinajstić information content (AvgIpc) is 2.21. The second-order valence-electron chi connectivity index (χ2n) is 5.15. The SMILES string of the molecule is CC1(O)CCCN(Cc2ccc(F)cc2N)C1. The van der Waals surface area contributed by atoms with E-state index in [4.69, 9.17) is 5.73 Å². The van der Waals surface area contributed by atoms with Crippen molar-refractivity contribution >= 4 is 5.69 Å². The van der Waals surface area contributed by atoms with Crippen LogP contribution < -0.4 is 5.73 Å². The van der Waals surface area contributed by atoms with Crippen molar-refractivity contribution in [2.75, 3.05) is 18.8 Å². The summed E-state index contributed by atoms with van der Waals surface area (Å²) in [4.78, 5) is 2.16. The molecule has 0 radical (unpaired) electrons. The number of β-amino-alcohol motifs (C(OH)–C–C–N with tert-alkyl or cyclic N) is 1. The Morgan fingerprint density at radius 1 is 1.53 bits per heavy atom. The number of nitrogen functional groups attached to an aromatic ring is 1. The smallest absolute Gasteiger partial charge is 0.125 e. The highest BCUT2D eigenvalue weighted by molar-refractivity contribution is 5.46. The zero-order valence-electron chi connectivity index (χ0n) is 10.1. The maximum atomic E-state index is 12.9. The van der Waals surface area contributed by atoms with Crippen molar-refractivity contribution in [3.05, 3.63) is 29.6 Å². The third kappa shape index (κ3) is 3.17. The summed E-state index contributed by atoms with van der Waals surface area (Å²) in [6, 6.07) is 4.49. The van der Waals surface area contributed by atoms with Crippen LogP contribution in [-0.4, -0.2) is 28.7 Å². The third-order valence-electron chi connectivity index (χ3n) is 3.26. The van der Waals surface area contributed by atoms with Gasteiger partial charge in [0.1, 0.15) is 5.82 Å². The molecule has 4 heteroatoms. The standard InChI is InChI=1S/C13H19FN2O/c1-13(17)5-2-6-16(9-13)8-10-3-4-11(14)7-12(10)15/h3-4,7,17H,2,5-6,8-9,15H2,1H3. The predicted octanol–water partition coefficient (Wildman–Crippen LogP) is 1.75. The van der Waals surface area contributed by atoms with Crippen molar-refractivity contribution in [2.24, 2.45) is 0 Å². The Kier molecular flexibility index (Phi) is 3.35. The van der Waals surface area contributed by atoms with Gasteiger partial charge in [-0.15, -0.1) is 0 Å². The summed E-state index contributed by atoms with van der Waals surface area (Å²) < 4.78 is 12.9. The number of halogens is 1. The summed E-state index contributed by atoms with van der Waals surface area (Å²) in [6.07, 6.45) is 1.82. The quantitative estimate of drug-likeness (QED) is 0.772. The van der Waals surface area contributed by atoms with Crippen LogP contribution in [0.2, 0.25) is 0 Å². The highest BCUT2D eigenvalue weighted by Gasteiger charge is 2.28. The second kappa shape index (κ2) is 4.63. The van der Waals surface area contributed by atoms with Gasteiger partial charge in [0.2, 0.25) is 0 Å². The minimum atomic E-state index is -0.618. The van der Waals surface area contributed by atoms with Crippen LogP contribution in [0.4, 0.5) is 10.1 Å². The summed E-state index contributed by atoms with van der Waals surface area (Å²) in [5.74, 6) is -0.308. The molecule has 0 spiro atoms. The summed E-state index contributed by atoms with van der Waals surface area (Å²) in [5, 5.41) is 10.0. The fraction of sp³-hybridized carbons (Fsp3) is 0.538. The van der Waals surface area contributed by atoms with E-state index in [0.29, 0.717) is 18.8 Å². The van der Waals surface area contributed by atoms with Gasteiger partial charge in [0.05, 0.1) is 5.60 Å². The molecule has 0 aromatic heterocycles. The lowest BCUT2D eigenvalue weighted by Crippen LogP contribution is -2.45. The Hall–Kier alpha value is -1.13. The maximum Gasteiger partial charge on any atom is 0.125 e. The number of anilines is 1. The number of aliphatic hydroxyl groups is 1. The molecule has 94 valence electrons. The van der Waals surface area contributed by atoms with Crippen molar-refractivity contribution in [2.45, 2.75) is 31.9 Å². The average molecular weight is 238 g/mol. The highest BCUT2D eigenvalue weighted by atomic mass is 19.1. The van der Waals surface area contributed by atoms with E-state index in [1.165, 1.54) is 12.1 Å². The van der Waals surface area contributed by atoms with E-state index in [1.54, 1.807) is 6.07 Å². The lowest BCUT2D eigenvalue weighted by Gasteiger charge is -2.37. The van der Waals surface area contributed by atoms with E-state index in [2.05, 4.69) is 4.90 Å². The molecule has 17 heavy (non-hydrogen) atoms. The number of nitrogens with zero attached hydrogens (tertiary/aromatic N) is 1. The first-order valence-electron chi connectivity index (χ1n) is 5.95. The van der Waals surface area contributed by atoms with Gasteiger partial charge in [0, 0.05) is 18.8 Å². The first-order valence-corrected chi connectivity index (χ1v) is 5.95. The second-order valence-corrected chi connectivity index (χ2v) is 5.15. The Balaban J connectivity index is 2.05. The summed E-state index contributed by atoms with van der Waals surface area (Å²) in [7, 11) is 0. The molecule has 2 rings (SSSR count). The van der Waals surface area contributed by atoms with Crippen LogP contribution in [0.25, 0.3) is 0 Å². The van der Waals surface area contributed by atoms with Crippen LogP contribution in [0.1, 0.15) is 25.3 Å². The van der Waals surface area contributed by atoms with E-state index in [-0.39, 0.29) is 5.82 Å².